The zero-order valence-electron chi connectivity index (χ0n) is 12.0. The summed E-state index contributed by atoms with van der Waals surface area (Å²) in [6.45, 7) is 4.25. The topological polar surface area (TPSA) is 24.5 Å². The van der Waals surface area contributed by atoms with Crippen molar-refractivity contribution in [2.24, 2.45) is 0 Å². The normalized spacial score (nSPS) is 14.7. The van der Waals surface area contributed by atoms with Crippen LogP contribution in [0.4, 0.5) is 5.69 Å². The molecule has 19 heavy (non-hydrogen) atoms. The number of benzene rings is 1. The van der Waals surface area contributed by atoms with Gasteiger partial charge in [0, 0.05) is 13.1 Å². The number of nitrogens with one attached hydrogen (secondary N) is 1. The van der Waals surface area contributed by atoms with E-state index in [4.69, 9.17) is 4.74 Å². The van der Waals surface area contributed by atoms with Crippen molar-refractivity contribution in [3.63, 3.8) is 0 Å². The lowest BCUT2D eigenvalue weighted by atomic mass is 10.1. The van der Waals surface area contributed by atoms with E-state index in [0.717, 1.165) is 38.4 Å². The molecule has 1 aliphatic heterocycles. The Balaban J connectivity index is 1.79. The van der Waals surface area contributed by atoms with Crippen LogP contribution in [-0.4, -0.2) is 33.3 Å². The second-order valence-corrected chi connectivity index (χ2v) is 5.17. The van der Waals surface area contributed by atoms with E-state index in [0.29, 0.717) is 0 Å². The van der Waals surface area contributed by atoms with Gasteiger partial charge < -0.3 is 15.0 Å². The molecule has 1 aromatic carbocycles. The van der Waals surface area contributed by atoms with E-state index in [-0.39, 0.29) is 0 Å². The number of fused-ring (bicyclic) bond motifs is 1. The van der Waals surface area contributed by atoms with Crippen molar-refractivity contribution >= 4 is 5.69 Å². The number of nitrogens with zero attached hydrogens (tertiary/aromatic N) is 1. The molecule has 3 nitrogen and oxygen atoms in total. The van der Waals surface area contributed by atoms with E-state index in [1.165, 1.54) is 31.4 Å². The summed E-state index contributed by atoms with van der Waals surface area (Å²) >= 11 is 0. The molecule has 1 heterocycles. The maximum absolute atomic E-state index is 5.79. The zero-order chi connectivity index (χ0) is 13.3. The number of rotatable bonds is 7. The first-order valence-electron chi connectivity index (χ1n) is 7.53. The highest BCUT2D eigenvalue weighted by atomic mass is 16.5. The first kappa shape index (κ1) is 14.2. The smallest absolute Gasteiger partial charge is 0.142 e. The number of hydrogen-bond acceptors (Lipinski definition) is 3. The molecule has 0 spiro atoms. The summed E-state index contributed by atoms with van der Waals surface area (Å²) in [5.41, 5.74) is 1.27. The van der Waals surface area contributed by atoms with Crippen LogP contribution in [0.3, 0.4) is 0 Å². The van der Waals surface area contributed by atoms with Gasteiger partial charge in [0.2, 0.25) is 0 Å². The van der Waals surface area contributed by atoms with Crippen LogP contribution in [0.5, 0.6) is 5.75 Å². The molecule has 2 rings (SSSR count). The van der Waals surface area contributed by atoms with Crippen LogP contribution in [0.2, 0.25) is 0 Å². The first-order chi connectivity index (χ1) is 9.42. The Hall–Kier alpha value is -1.22. The lowest BCUT2D eigenvalue weighted by Crippen LogP contribution is -2.25. The minimum Gasteiger partial charge on any atom is -0.491 e. The molecule has 1 aliphatic rings. The summed E-state index contributed by atoms with van der Waals surface area (Å²) in [6.07, 6.45) is 6.33. The molecule has 0 fully saturated rings. The highest BCUT2D eigenvalue weighted by Gasteiger charge is 2.14. The molecular formula is C16H26N2O. The highest BCUT2D eigenvalue weighted by Crippen LogP contribution is 2.30. The van der Waals surface area contributed by atoms with E-state index < -0.39 is 0 Å². The van der Waals surface area contributed by atoms with Gasteiger partial charge >= 0.3 is 0 Å². The Morgan fingerprint density at radius 2 is 2.00 bits per heavy atom. The fourth-order valence-electron chi connectivity index (χ4n) is 2.59. The quantitative estimate of drug-likeness (QED) is 0.764. The van der Waals surface area contributed by atoms with Gasteiger partial charge in [0.25, 0.3) is 0 Å². The molecule has 1 aromatic rings. The van der Waals surface area contributed by atoms with Gasteiger partial charge in [0.05, 0.1) is 12.3 Å². The fraction of sp³-hybridized carbons (Fsp3) is 0.625. The average molecular weight is 262 g/mol. The van der Waals surface area contributed by atoms with Gasteiger partial charge in [0.1, 0.15) is 5.75 Å². The summed E-state index contributed by atoms with van der Waals surface area (Å²) < 4.78 is 5.79. The summed E-state index contributed by atoms with van der Waals surface area (Å²) in [5, 5.41) is 3.20. The van der Waals surface area contributed by atoms with Gasteiger partial charge in [0.15, 0.2) is 0 Å². The van der Waals surface area contributed by atoms with E-state index >= 15 is 0 Å². The summed E-state index contributed by atoms with van der Waals surface area (Å²) in [7, 11) is 2.02. The van der Waals surface area contributed by atoms with Crippen LogP contribution in [-0.2, 0) is 0 Å². The van der Waals surface area contributed by atoms with E-state index in [9.17, 15) is 0 Å². The highest BCUT2D eigenvalue weighted by molar-refractivity contribution is 5.58. The summed E-state index contributed by atoms with van der Waals surface area (Å²) in [4.78, 5) is 2.49. The van der Waals surface area contributed by atoms with Gasteiger partial charge in [-0.2, -0.15) is 0 Å². The molecule has 0 aliphatic carbocycles. The number of ether oxygens (including phenoxy) is 1. The monoisotopic (exact) mass is 262 g/mol. The molecular weight excluding hydrogens is 236 g/mol. The molecule has 0 saturated heterocycles. The second-order valence-electron chi connectivity index (χ2n) is 5.17. The van der Waals surface area contributed by atoms with Crippen LogP contribution < -0.4 is 15.0 Å². The van der Waals surface area contributed by atoms with Crippen LogP contribution in [0.1, 0.15) is 32.1 Å². The van der Waals surface area contributed by atoms with Crippen molar-refractivity contribution in [2.75, 3.05) is 38.2 Å². The number of unbranched alkanes of at least 4 members (excludes halogenated alkanes) is 3. The van der Waals surface area contributed by atoms with Gasteiger partial charge in [-0.3, -0.25) is 0 Å². The molecule has 0 radical (unpaired) electrons. The average Bonchev–Trinajstić information content (AvgIpc) is 2.65. The molecule has 0 atom stereocenters. The van der Waals surface area contributed by atoms with Gasteiger partial charge in [-0.15, -0.1) is 0 Å². The van der Waals surface area contributed by atoms with E-state index in [1.54, 1.807) is 0 Å². The summed E-state index contributed by atoms with van der Waals surface area (Å²) in [5.74, 6) is 1.05. The lowest BCUT2D eigenvalue weighted by Gasteiger charge is -2.23. The van der Waals surface area contributed by atoms with Crippen molar-refractivity contribution in [1.82, 2.24) is 5.32 Å². The third-order valence-electron chi connectivity index (χ3n) is 3.64. The second kappa shape index (κ2) is 8.05. The molecule has 0 amide bonds. The maximum Gasteiger partial charge on any atom is 0.142 e. The SMILES string of the molecule is CNCCCCCCN1CCCOc2ccccc21. The standard InChI is InChI=1S/C16H26N2O/c1-17-11-6-2-3-7-12-18-13-8-14-19-16-10-5-4-9-15(16)18/h4-5,9-10,17H,2-3,6-8,11-14H2,1H3. The minimum absolute atomic E-state index is 0.843. The van der Waals surface area contributed by atoms with Gasteiger partial charge in [-0.1, -0.05) is 25.0 Å². The Bertz CT molecular complexity index is 368. The first-order valence-corrected chi connectivity index (χ1v) is 7.53. The van der Waals surface area contributed by atoms with E-state index in [1.807, 2.05) is 7.05 Å². The van der Waals surface area contributed by atoms with E-state index in [2.05, 4.69) is 34.5 Å². The molecule has 0 saturated carbocycles. The van der Waals surface area contributed by atoms with Gasteiger partial charge in [-0.05, 0) is 45.0 Å². The largest absolute Gasteiger partial charge is 0.491 e. The third-order valence-corrected chi connectivity index (χ3v) is 3.64. The van der Waals surface area contributed by atoms with Crippen LogP contribution in [0.15, 0.2) is 24.3 Å². The Morgan fingerprint density at radius 1 is 1.16 bits per heavy atom. The van der Waals surface area contributed by atoms with Crippen molar-refractivity contribution in [3.05, 3.63) is 24.3 Å². The minimum atomic E-state index is 0.843. The van der Waals surface area contributed by atoms with Crippen LogP contribution >= 0.6 is 0 Å². The molecule has 3 heteroatoms. The predicted octanol–water partition coefficient (Wildman–Crippen LogP) is 3.06. The van der Waals surface area contributed by atoms with Gasteiger partial charge in [-0.25, -0.2) is 0 Å². The number of anilines is 1. The van der Waals surface area contributed by atoms with Crippen LogP contribution in [0, 0.1) is 0 Å². The molecule has 0 aromatic heterocycles. The van der Waals surface area contributed by atoms with Crippen molar-refractivity contribution in [3.8, 4) is 5.75 Å². The number of para-hydroxylation sites is 2. The van der Waals surface area contributed by atoms with Crippen LogP contribution in [0.25, 0.3) is 0 Å². The maximum atomic E-state index is 5.79. The lowest BCUT2D eigenvalue weighted by molar-refractivity contribution is 0.322. The molecule has 0 bridgehead atoms. The molecule has 0 unspecified atom stereocenters. The zero-order valence-corrected chi connectivity index (χ0v) is 12.0. The third kappa shape index (κ3) is 4.43. The van der Waals surface area contributed by atoms with Crippen molar-refractivity contribution in [1.29, 1.82) is 0 Å². The Kier molecular flexibility index (Phi) is 6.02. The Morgan fingerprint density at radius 3 is 2.89 bits per heavy atom. The molecule has 106 valence electrons. The van der Waals surface area contributed by atoms with Crippen molar-refractivity contribution in [2.45, 2.75) is 32.1 Å². The molecule has 1 N–H and O–H groups in total. The fourth-order valence-corrected chi connectivity index (χ4v) is 2.59. The Labute approximate surface area is 116 Å². The predicted molar refractivity (Wildman–Crippen MR) is 81.2 cm³/mol. The van der Waals surface area contributed by atoms with Crippen molar-refractivity contribution < 1.29 is 4.74 Å². The number of hydrogen-bond donors (Lipinski definition) is 1. The summed E-state index contributed by atoms with van der Waals surface area (Å²) in [6, 6.07) is 8.43.